The fraction of sp³-hybridized carbons (Fsp3) is 0.500. The van der Waals surface area contributed by atoms with Crippen molar-refractivity contribution in [1.82, 2.24) is 10.3 Å². The molecule has 6 heteroatoms. The summed E-state index contributed by atoms with van der Waals surface area (Å²) in [6.07, 6.45) is 0. The molecule has 0 aliphatic rings. The molecule has 58 valence electrons. The van der Waals surface area contributed by atoms with E-state index in [0.717, 1.165) is 4.90 Å². The summed E-state index contributed by atoms with van der Waals surface area (Å²) in [7, 11) is 1.41. The number of primary amides is 1. The second kappa shape index (κ2) is 3.67. The highest BCUT2D eigenvalue weighted by molar-refractivity contribution is 5.82. The van der Waals surface area contributed by atoms with E-state index in [0.29, 0.717) is 0 Å². The van der Waals surface area contributed by atoms with Gasteiger partial charge in [-0.1, -0.05) is 0 Å². The number of likely N-dealkylation sites (N-methyl/N-ethyl adjacent to an activating group) is 1. The van der Waals surface area contributed by atoms with Gasteiger partial charge in [0.2, 0.25) is 5.91 Å². The van der Waals surface area contributed by atoms with E-state index in [4.69, 9.17) is 11.6 Å². The Labute approximate surface area is 58.1 Å². The van der Waals surface area contributed by atoms with Gasteiger partial charge in [0.05, 0.1) is 0 Å². The van der Waals surface area contributed by atoms with E-state index < -0.39 is 11.9 Å². The van der Waals surface area contributed by atoms with Gasteiger partial charge in [0.25, 0.3) is 0 Å². The first-order valence-corrected chi connectivity index (χ1v) is 2.58. The summed E-state index contributed by atoms with van der Waals surface area (Å²) >= 11 is 0. The molecule has 0 spiro atoms. The zero-order chi connectivity index (χ0) is 8.15. The van der Waals surface area contributed by atoms with Crippen LogP contribution < -0.4 is 17.0 Å². The predicted octanol–water partition coefficient (Wildman–Crippen LogP) is -2.01. The summed E-state index contributed by atoms with van der Waals surface area (Å²) in [6, 6.07) is -0.543. The Hall–Kier alpha value is -1.30. The van der Waals surface area contributed by atoms with Gasteiger partial charge in [0.1, 0.15) is 6.54 Å². The molecule has 10 heavy (non-hydrogen) atoms. The molecular formula is C4H10N4O2. The number of rotatable bonds is 2. The van der Waals surface area contributed by atoms with Crippen LogP contribution in [0.1, 0.15) is 0 Å². The van der Waals surface area contributed by atoms with Gasteiger partial charge in [-0.05, 0) is 0 Å². The minimum Gasteiger partial charge on any atom is -0.368 e. The van der Waals surface area contributed by atoms with E-state index >= 15 is 0 Å². The van der Waals surface area contributed by atoms with Crippen LogP contribution in [0, 0.1) is 0 Å². The molecule has 0 aliphatic carbocycles. The van der Waals surface area contributed by atoms with Crippen LogP contribution in [0.5, 0.6) is 0 Å². The number of hydrogen-bond donors (Lipinski definition) is 3. The number of urea groups is 1. The number of nitrogens with zero attached hydrogens (tertiary/aromatic N) is 1. The minimum atomic E-state index is -0.578. The minimum absolute atomic E-state index is 0.136. The molecule has 0 heterocycles. The van der Waals surface area contributed by atoms with Crippen molar-refractivity contribution < 1.29 is 9.59 Å². The lowest BCUT2D eigenvalue weighted by molar-refractivity contribution is -0.118. The monoisotopic (exact) mass is 146 g/mol. The van der Waals surface area contributed by atoms with Crippen molar-refractivity contribution in [3.05, 3.63) is 0 Å². The molecule has 5 N–H and O–H groups in total. The Morgan fingerprint density at radius 1 is 1.60 bits per heavy atom. The van der Waals surface area contributed by atoms with E-state index in [1.54, 1.807) is 0 Å². The molecule has 0 rings (SSSR count). The summed E-state index contributed by atoms with van der Waals surface area (Å²) in [4.78, 5) is 21.8. The number of hydrazine groups is 1. The lowest BCUT2D eigenvalue weighted by Crippen LogP contribution is -2.44. The molecule has 0 fully saturated rings. The van der Waals surface area contributed by atoms with Crippen LogP contribution in [0.4, 0.5) is 4.79 Å². The Kier molecular flexibility index (Phi) is 3.20. The van der Waals surface area contributed by atoms with E-state index in [1.807, 2.05) is 5.43 Å². The van der Waals surface area contributed by atoms with Crippen LogP contribution in [0.2, 0.25) is 0 Å². The second-order valence-corrected chi connectivity index (χ2v) is 1.77. The number of carbonyl (C=O) groups is 2. The normalized spacial score (nSPS) is 8.60. The van der Waals surface area contributed by atoms with Crippen molar-refractivity contribution in [2.75, 3.05) is 13.6 Å². The molecule has 6 nitrogen and oxygen atoms in total. The van der Waals surface area contributed by atoms with Crippen molar-refractivity contribution in [1.29, 1.82) is 0 Å². The maximum Gasteiger partial charge on any atom is 0.331 e. The number of nitrogens with one attached hydrogen (secondary N) is 1. The second-order valence-electron chi connectivity index (χ2n) is 1.77. The molecule has 0 aromatic heterocycles. The summed E-state index contributed by atoms with van der Waals surface area (Å²) in [5.74, 6) is 4.18. The summed E-state index contributed by atoms with van der Waals surface area (Å²) < 4.78 is 0. The van der Waals surface area contributed by atoms with Gasteiger partial charge >= 0.3 is 6.03 Å². The third kappa shape index (κ3) is 2.88. The summed E-state index contributed by atoms with van der Waals surface area (Å²) in [6.45, 7) is -0.136. The Morgan fingerprint density at radius 3 is 2.40 bits per heavy atom. The zero-order valence-electron chi connectivity index (χ0n) is 5.63. The molecule has 0 saturated heterocycles. The number of nitrogens with two attached hydrogens (primary N) is 2. The molecule has 0 radical (unpaired) electrons. The first-order chi connectivity index (χ1) is 4.57. The van der Waals surface area contributed by atoms with Crippen molar-refractivity contribution in [3.63, 3.8) is 0 Å². The van der Waals surface area contributed by atoms with E-state index in [-0.39, 0.29) is 6.54 Å². The third-order valence-corrected chi connectivity index (χ3v) is 0.863. The zero-order valence-corrected chi connectivity index (χ0v) is 5.63. The predicted molar refractivity (Wildman–Crippen MR) is 34.5 cm³/mol. The van der Waals surface area contributed by atoms with Crippen LogP contribution >= 0.6 is 0 Å². The molecule has 3 amide bonds. The van der Waals surface area contributed by atoms with Gasteiger partial charge in [-0.15, -0.1) is 0 Å². The largest absolute Gasteiger partial charge is 0.368 e. The number of amides is 3. The Balaban J connectivity index is 3.72. The molecule has 0 saturated carbocycles. The maximum atomic E-state index is 10.5. The number of carbonyl (C=O) groups excluding carboxylic acids is 2. The Bertz CT molecular complexity index is 146. The van der Waals surface area contributed by atoms with Gasteiger partial charge in [0, 0.05) is 7.05 Å². The average molecular weight is 146 g/mol. The van der Waals surface area contributed by atoms with Crippen LogP contribution in [-0.2, 0) is 4.79 Å². The van der Waals surface area contributed by atoms with Crippen LogP contribution in [0.15, 0.2) is 0 Å². The third-order valence-electron chi connectivity index (χ3n) is 0.863. The summed E-state index contributed by atoms with van der Waals surface area (Å²) in [5.41, 5.74) is 6.63. The highest BCUT2D eigenvalue weighted by Gasteiger charge is 2.07. The fourth-order valence-electron chi connectivity index (χ4n) is 0.416. The summed E-state index contributed by atoms with van der Waals surface area (Å²) in [5, 5.41) is 0. The van der Waals surface area contributed by atoms with E-state index in [1.165, 1.54) is 7.05 Å². The fourth-order valence-corrected chi connectivity index (χ4v) is 0.416. The lowest BCUT2D eigenvalue weighted by Gasteiger charge is -2.12. The molecule has 0 aromatic carbocycles. The highest BCUT2D eigenvalue weighted by Crippen LogP contribution is 1.79. The Morgan fingerprint density at radius 2 is 2.10 bits per heavy atom. The topological polar surface area (TPSA) is 101 Å². The first-order valence-electron chi connectivity index (χ1n) is 2.58. The quantitative estimate of drug-likeness (QED) is 0.238. The lowest BCUT2D eigenvalue weighted by atomic mass is 10.5. The van der Waals surface area contributed by atoms with Crippen molar-refractivity contribution in [2.24, 2.45) is 11.6 Å². The van der Waals surface area contributed by atoms with Gasteiger partial charge in [-0.25, -0.2) is 10.6 Å². The van der Waals surface area contributed by atoms with Gasteiger partial charge in [0.15, 0.2) is 0 Å². The molecule has 0 aliphatic heterocycles. The highest BCUT2D eigenvalue weighted by atomic mass is 16.2. The maximum absolute atomic E-state index is 10.5. The molecule has 0 unspecified atom stereocenters. The molecule has 0 atom stereocenters. The van der Waals surface area contributed by atoms with Gasteiger partial charge in [-0.3, -0.25) is 10.2 Å². The van der Waals surface area contributed by atoms with E-state index in [9.17, 15) is 9.59 Å². The van der Waals surface area contributed by atoms with Crippen LogP contribution in [-0.4, -0.2) is 30.4 Å². The van der Waals surface area contributed by atoms with Crippen LogP contribution in [0.25, 0.3) is 0 Å². The molecule has 0 aromatic rings. The standard InChI is InChI=1S/C4H10N4O2/c1-8(2-3(5)9)4(10)7-6/h2,6H2,1H3,(H2,5,9)(H,7,10). The SMILES string of the molecule is CN(CC(N)=O)C(=O)NN. The number of hydrogen-bond acceptors (Lipinski definition) is 3. The first kappa shape index (κ1) is 8.70. The van der Waals surface area contributed by atoms with E-state index in [2.05, 4.69) is 0 Å². The molecular weight excluding hydrogens is 136 g/mol. The van der Waals surface area contributed by atoms with Crippen LogP contribution in [0.3, 0.4) is 0 Å². The van der Waals surface area contributed by atoms with Crippen molar-refractivity contribution in [2.45, 2.75) is 0 Å². The van der Waals surface area contributed by atoms with Gasteiger partial charge in [-0.2, -0.15) is 0 Å². The van der Waals surface area contributed by atoms with Gasteiger partial charge < -0.3 is 10.6 Å². The van der Waals surface area contributed by atoms with Crippen molar-refractivity contribution in [3.8, 4) is 0 Å². The smallest absolute Gasteiger partial charge is 0.331 e. The average Bonchev–Trinajstić information content (AvgIpc) is 1.85. The molecule has 0 bridgehead atoms. The van der Waals surface area contributed by atoms with Crippen molar-refractivity contribution >= 4 is 11.9 Å².